The minimum atomic E-state index is -3.88. The van der Waals surface area contributed by atoms with Crippen LogP contribution in [0.15, 0.2) is 16.2 Å². The van der Waals surface area contributed by atoms with Gasteiger partial charge in [-0.3, -0.25) is 4.31 Å². The monoisotopic (exact) mass is 262 g/mol. The molecule has 17 heavy (non-hydrogen) atoms. The molecule has 96 valence electrons. The van der Waals surface area contributed by atoms with Crippen LogP contribution in [0.2, 0.25) is 0 Å². The van der Waals surface area contributed by atoms with Crippen LogP contribution in [0, 0.1) is 0 Å². The number of methoxy groups -OCH3 is 2. The Hall–Kier alpha value is -1.41. The second-order valence-electron chi connectivity index (χ2n) is 3.30. The highest BCUT2D eigenvalue weighted by Crippen LogP contribution is 2.17. The number of allylic oxidation sites excluding steroid dienone is 1. The van der Waals surface area contributed by atoms with Gasteiger partial charge in [-0.25, -0.2) is 4.79 Å². The van der Waals surface area contributed by atoms with Crippen LogP contribution in [-0.4, -0.2) is 51.8 Å². The maximum atomic E-state index is 11.8. The van der Waals surface area contributed by atoms with Crippen molar-refractivity contribution in [2.24, 2.45) is 4.40 Å². The van der Waals surface area contributed by atoms with Crippen LogP contribution < -0.4 is 0 Å². The molecule has 7 nitrogen and oxygen atoms in total. The van der Waals surface area contributed by atoms with Crippen molar-refractivity contribution in [1.82, 2.24) is 4.31 Å². The lowest BCUT2D eigenvalue weighted by atomic mass is 10.3. The van der Waals surface area contributed by atoms with Gasteiger partial charge in [0.1, 0.15) is 0 Å². The molecule has 0 fully saturated rings. The van der Waals surface area contributed by atoms with Gasteiger partial charge >= 0.3 is 16.2 Å². The molecular weight excluding hydrogens is 248 g/mol. The van der Waals surface area contributed by atoms with Gasteiger partial charge < -0.3 is 9.47 Å². The molecule has 1 aliphatic rings. The normalized spacial score (nSPS) is 18.4. The minimum absolute atomic E-state index is 0.152. The van der Waals surface area contributed by atoms with Gasteiger partial charge in [-0.1, -0.05) is 0 Å². The summed E-state index contributed by atoms with van der Waals surface area (Å²) < 4.78 is 37.2. The van der Waals surface area contributed by atoms with E-state index in [-0.39, 0.29) is 18.9 Å². The number of hydrogen-bond donors (Lipinski definition) is 0. The summed E-state index contributed by atoms with van der Waals surface area (Å²) in [7, 11) is -1.24. The summed E-state index contributed by atoms with van der Waals surface area (Å²) in [5.74, 6) is -0.778. The second kappa shape index (κ2) is 5.28. The highest BCUT2D eigenvalue weighted by Gasteiger charge is 2.28. The molecule has 0 radical (unpaired) electrons. The average Bonchev–Trinajstić information content (AvgIpc) is 2.26. The lowest BCUT2D eigenvalue weighted by Gasteiger charge is -2.25. The minimum Gasteiger partial charge on any atom is -0.464 e. The average molecular weight is 262 g/mol. The fourth-order valence-corrected chi connectivity index (χ4v) is 2.51. The fourth-order valence-electron chi connectivity index (χ4n) is 1.32. The number of nitrogens with zero attached hydrogens (tertiary/aromatic N) is 2. The highest BCUT2D eigenvalue weighted by molar-refractivity contribution is 7.88. The van der Waals surface area contributed by atoms with E-state index >= 15 is 0 Å². The van der Waals surface area contributed by atoms with Gasteiger partial charge in [-0.15, -0.1) is 4.40 Å². The van der Waals surface area contributed by atoms with Gasteiger partial charge in [-0.05, 0) is 13.0 Å². The first-order chi connectivity index (χ1) is 7.92. The quantitative estimate of drug-likeness (QED) is 0.650. The Balaban J connectivity index is 3.03. The maximum absolute atomic E-state index is 11.8. The van der Waals surface area contributed by atoms with E-state index in [0.717, 1.165) is 11.4 Å². The third-order valence-corrected chi connectivity index (χ3v) is 3.58. The van der Waals surface area contributed by atoms with Crippen LogP contribution in [0.1, 0.15) is 6.92 Å². The van der Waals surface area contributed by atoms with Gasteiger partial charge in [0.15, 0.2) is 5.71 Å². The van der Waals surface area contributed by atoms with Gasteiger partial charge in [0, 0.05) is 12.8 Å². The first-order valence-electron chi connectivity index (χ1n) is 4.80. The van der Waals surface area contributed by atoms with Crippen molar-refractivity contribution >= 4 is 21.9 Å². The molecule has 0 aromatic heterocycles. The van der Waals surface area contributed by atoms with E-state index in [1.807, 2.05) is 0 Å². The Morgan fingerprint density at radius 2 is 2.12 bits per heavy atom. The van der Waals surface area contributed by atoms with E-state index in [9.17, 15) is 13.2 Å². The third-order valence-electron chi connectivity index (χ3n) is 2.12. The standard InChI is InChI=1S/C9H14N2O5S/c1-7-6-8(9(12)16-3)10-17(13,14)11(7)4-5-15-2/h6H,4-5H2,1-3H3. The molecule has 0 aliphatic carbocycles. The van der Waals surface area contributed by atoms with Crippen LogP contribution in [0.5, 0.6) is 0 Å². The first-order valence-corrected chi connectivity index (χ1v) is 6.20. The number of rotatable bonds is 4. The van der Waals surface area contributed by atoms with Crippen molar-refractivity contribution in [3.05, 3.63) is 11.8 Å². The van der Waals surface area contributed by atoms with E-state index in [4.69, 9.17) is 4.74 Å². The van der Waals surface area contributed by atoms with Gasteiger partial charge in [0.2, 0.25) is 0 Å². The summed E-state index contributed by atoms with van der Waals surface area (Å²) in [4.78, 5) is 11.2. The molecule has 0 N–H and O–H groups in total. The molecule has 0 bridgehead atoms. The van der Waals surface area contributed by atoms with E-state index in [2.05, 4.69) is 9.13 Å². The van der Waals surface area contributed by atoms with Crippen LogP contribution in [0.4, 0.5) is 0 Å². The van der Waals surface area contributed by atoms with E-state index in [1.165, 1.54) is 13.2 Å². The van der Waals surface area contributed by atoms with Crippen molar-refractivity contribution in [2.45, 2.75) is 6.92 Å². The van der Waals surface area contributed by atoms with E-state index in [0.29, 0.717) is 5.70 Å². The molecule has 8 heteroatoms. The maximum Gasteiger partial charge on any atom is 0.357 e. The van der Waals surface area contributed by atoms with Gasteiger partial charge in [0.05, 0.1) is 20.3 Å². The second-order valence-corrected chi connectivity index (χ2v) is 4.82. The lowest BCUT2D eigenvalue weighted by Crippen LogP contribution is -2.36. The number of carbonyl (C=O) groups is 1. The Kier molecular flexibility index (Phi) is 4.24. The van der Waals surface area contributed by atoms with Crippen molar-refractivity contribution in [3.8, 4) is 0 Å². The number of esters is 1. The molecule has 1 rings (SSSR count). The Morgan fingerprint density at radius 1 is 1.47 bits per heavy atom. The molecular formula is C9H14N2O5S. The van der Waals surface area contributed by atoms with E-state index in [1.54, 1.807) is 6.92 Å². The fraction of sp³-hybridized carbons (Fsp3) is 0.556. The molecule has 0 amide bonds. The van der Waals surface area contributed by atoms with E-state index < -0.39 is 16.2 Å². The molecule has 0 saturated heterocycles. The molecule has 0 atom stereocenters. The summed E-state index contributed by atoms with van der Waals surface area (Å²) in [5, 5.41) is 0. The Bertz CT molecular complexity index is 466. The summed E-state index contributed by atoms with van der Waals surface area (Å²) in [5.41, 5.74) is 0.177. The van der Waals surface area contributed by atoms with Gasteiger partial charge in [0.25, 0.3) is 0 Å². The Labute approximate surface area is 99.9 Å². The molecule has 0 aromatic carbocycles. The summed E-state index contributed by atoms with van der Waals surface area (Å²) in [6.07, 6.45) is 1.36. The highest BCUT2D eigenvalue weighted by atomic mass is 32.2. The van der Waals surface area contributed by atoms with Crippen molar-refractivity contribution in [3.63, 3.8) is 0 Å². The van der Waals surface area contributed by atoms with Crippen LogP contribution in [0.25, 0.3) is 0 Å². The SMILES string of the molecule is COCCN1C(C)=CC(C(=O)OC)=NS1(=O)=O. The molecule has 1 aliphatic heterocycles. The van der Waals surface area contributed by atoms with Gasteiger partial charge in [-0.2, -0.15) is 8.42 Å². The third kappa shape index (κ3) is 3.04. The molecule has 0 unspecified atom stereocenters. The van der Waals surface area contributed by atoms with Crippen molar-refractivity contribution in [2.75, 3.05) is 27.4 Å². The zero-order chi connectivity index (χ0) is 13.1. The van der Waals surface area contributed by atoms with Crippen LogP contribution in [0.3, 0.4) is 0 Å². The van der Waals surface area contributed by atoms with Crippen molar-refractivity contribution in [1.29, 1.82) is 0 Å². The number of carbonyl (C=O) groups excluding carboxylic acids is 1. The Morgan fingerprint density at radius 3 is 2.59 bits per heavy atom. The predicted octanol–water partition coefficient (Wildman–Crippen LogP) is -0.289. The summed E-state index contributed by atoms with van der Waals surface area (Å²) >= 11 is 0. The van der Waals surface area contributed by atoms with Crippen molar-refractivity contribution < 1.29 is 22.7 Å². The molecule has 0 spiro atoms. The molecule has 1 heterocycles. The summed E-state index contributed by atoms with van der Waals surface area (Å²) in [6, 6.07) is 0. The lowest BCUT2D eigenvalue weighted by molar-refractivity contribution is -0.132. The van der Waals surface area contributed by atoms with Crippen LogP contribution >= 0.6 is 0 Å². The number of ether oxygens (including phenoxy) is 2. The topological polar surface area (TPSA) is 85.3 Å². The first kappa shape index (κ1) is 13.7. The predicted molar refractivity (Wildman–Crippen MR) is 60.7 cm³/mol. The summed E-state index contributed by atoms with van der Waals surface area (Å²) in [6.45, 7) is 1.97. The molecule has 0 aromatic rings. The van der Waals surface area contributed by atoms with Crippen LogP contribution in [-0.2, 0) is 24.5 Å². The smallest absolute Gasteiger partial charge is 0.357 e. The zero-order valence-corrected chi connectivity index (χ0v) is 10.7. The largest absolute Gasteiger partial charge is 0.464 e. The number of hydrogen-bond acceptors (Lipinski definition) is 5. The molecule has 0 saturated carbocycles. The zero-order valence-electron chi connectivity index (χ0n) is 9.84.